The lowest BCUT2D eigenvalue weighted by atomic mass is 10.1. The topological polar surface area (TPSA) is 92.7 Å². The molecule has 0 aliphatic carbocycles. The summed E-state index contributed by atoms with van der Waals surface area (Å²) >= 11 is 7.87. The molecule has 43 heavy (non-hydrogen) atoms. The van der Waals surface area contributed by atoms with Crippen LogP contribution < -0.4 is 19.7 Å². The van der Waals surface area contributed by atoms with Crippen LogP contribution in [0.1, 0.15) is 18.1 Å². The number of aliphatic imine (C=N–C) groups is 1. The van der Waals surface area contributed by atoms with Gasteiger partial charge in [-0.3, -0.25) is 14.5 Å². The van der Waals surface area contributed by atoms with Crippen molar-refractivity contribution < 1.29 is 23.8 Å². The number of amides is 2. The molecule has 2 amide bonds. The number of nitrogens with one attached hydrogen (secondary N) is 1. The minimum Gasteiger partial charge on any atom is -0.490 e. The summed E-state index contributed by atoms with van der Waals surface area (Å²) in [5.74, 6) is 0.140. The molecule has 9 nitrogen and oxygen atoms in total. The van der Waals surface area contributed by atoms with Crippen LogP contribution >= 0.6 is 23.4 Å². The fraction of sp³-hybridized carbons (Fsp3) is 0.281. The molecule has 1 N–H and O–H groups in total. The Bertz CT molecular complexity index is 1540. The van der Waals surface area contributed by atoms with E-state index in [9.17, 15) is 9.59 Å². The van der Waals surface area contributed by atoms with Crippen LogP contribution in [0, 0.1) is 6.92 Å². The zero-order valence-electron chi connectivity index (χ0n) is 24.3. The maximum Gasteiger partial charge on any atom is 0.266 e. The van der Waals surface area contributed by atoms with Gasteiger partial charge in [0.25, 0.3) is 11.8 Å². The Labute approximate surface area is 260 Å². The molecule has 0 spiro atoms. The minimum absolute atomic E-state index is 0.170. The molecule has 0 atom stereocenters. The molecule has 3 aromatic rings. The van der Waals surface area contributed by atoms with Gasteiger partial charge in [0.15, 0.2) is 23.3 Å². The third-order valence-corrected chi connectivity index (χ3v) is 8.11. The number of hydrogen-bond donors (Lipinski definition) is 1. The number of likely N-dealkylation sites (N-methyl/N-ethyl adjacent to an activating group) is 1. The Hall–Kier alpha value is -3.99. The monoisotopic (exact) mass is 620 g/mol. The number of carbonyl (C=O) groups excluding carboxylic acids is 2. The highest BCUT2D eigenvalue weighted by Gasteiger charge is 2.30. The first-order valence-electron chi connectivity index (χ1n) is 14.0. The van der Waals surface area contributed by atoms with Gasteiger partial charge in [0.1, 0.15) is 0 Å². The van der Waals surface area contributed by atoms with Crippen LogP contribution in [0.2, 0.25) is 5.02 Å². The lowest BCUT2D eigenvalue weighted by molar-refractivity contribution is -0.121. The third-order valence-electron chi connectivity index (χ3n) is 6.77. The van der Waals surface area contributed by atoms with Crippen LogP contribution in [0.4, 0.5) is 17.1 Å². The average molecular weight is 621 g/mol. The molecule has 2 saturated heterocycles. The molecule has 0 unspecified atom stereocenters. The number of rotatable bonds is 9. The zero-order chi connectivity index (χ0) is 30.3. The Morgan fingerprint density at radius 2 is 1.81 bits per heavy atom. The Morgan fingerprint density at radius 1 is 1.09 bits per heavy atom. The molecule has 3 aromatic carbocycles. The van der Waals surface area contributed by atoms with Gasteiger partial charge in [-0.2, -0.15) is 0 Å². The van der Waals surface area contributed by atoms with Crippen LogP contribution in [-0.2, 0) is 14.3 Å². The van der Waals surface area contributed by atoms with E-state index in [0.717, 1.165) is 43.2 Å². The summed E-state index contributed by atoms with van der Waals surface area (Å²) in [4.78, 5) is 34.6. The highest BCUT2D eigenvalue weighted by atomic mass is 35.5. The minimum atomic E-state index is -0.327. The molecule has 11 heteroatoms. The van der Waals surface area contributed by atoms with E-state index in [1.165, 1.54) is 16.7 Å². The first-order chi connectivity index (χ1) is 20.8. The largest absolute Gasteiger partial charge is 0.490 e. The molecule has 2 fully saturated rings. The summed E-state index contributed by atoms with van der Waals surface area (Å²) in [5.41, 5.74) is 4.31. The molecule has 0 saturated carbocycles. The van der Waals surface area contributed by atoms with Gasteiger partial charge < -0.3 is 24.4 Å². The molecular weight excluding hydrogens is 588 g/mol. The number of thioether (sulfide) groups is 1. The van der Waals surface area contributed by atoms with Crippen molar-refractivity contribution >= 4 is 63.5 Å². The summed E-state index contributed by atoms with van der Waals surface area (Å²) in [5, 5.41) is 3.64. The second kappa shape index (κ2) is 14.0. The maximum atomic E-state index is 13.1. The lowest BCUT2D eigenvalue weighted by Gasteiger charge is -2.28. The number of amidine groups is 1. The van der Waals surface area contributed by atoms with Crippen LogP contribution in [0.15, 0.2) is 70.6 Å². The van der Waals surface area contributed by atoms with Gasteiger partial charge >= 0.3 is 0 Å². The number of aryl methyl sites for hydroxylation is 1. The van der Waals surface area contributed by atoms with E-state index in [1.54, 1.807) is 25.3 Å². The SMILES string of the molecule is CCOc1cc(/C=C2\SC(=Nc3ccc(N4CCOCC4)cc3)N(C)C2=O)cc(Cl)c1OCC(=O)Nc1ccc(C)cc1. The number of ether oxygens (including phenoxy) is 3. The predicted molar refractivity (Wildman–Crippen MR) is 173 cm³/mol. The van der Waals surface area contributed by atoms with Crippen LogP contribution in [0.3, 0.4) is 0 Å². The average Bonchev–Trinajstić information content (AvgIpc) is 3.26. The van der Waals surface area contributed by atoms with Crippen molar-refractivity contribution in [2.24, 2.45) is 4.99 Å². The van der Waals surface area contributed by atoms with Crippen molar-refractivity contribution in [1.82, 2.24) is 4.90 Å². The Morgan fingerprint density at radius 3 is 2.51 bits per heavy atom. The number of morpholine rings is 1. The van der Waals surface area contributed by atoms with Gasteiger partial charge in [0, 0.05) is 31.5 Å². The number of benzene rings is 3. The summed E-state index contributed by atoms with van der Waals surface area (Å²) in [6.45, 7) is 7.10. The number of halogens is 1. The van der Waals surface area contributed by atoms with E-state index in [0.29, 0.717) is 33.7 Å². The summed E-state index contributed by atoms with van der Waals surface area (Å²) in [6, 6.07) is 18.9. The molecule has 0 bridgehead atoms. The fourth-order valence-electron chi connectivity index (χ4n) is 4.52. The van der Waals surface area contributed by atoms with E-state index in [-0.39, 0.29) is 29.2 Å². The third kappa shape index (κ3) is 7.70. The lowest BCUT2D eigenvalue weighted by Crippen LogP contribution is -2.36. The van der Waals surface area contributed by atoms with E-state index in [1.807, 2.05) is 62.4 Å². The van der Waals surface area contributed by atoms with Gasteiger partial charge in [0.05, 0.1) is 35.4 Å². The van der Waals surface area contributed by atoms with Crippen molar-refractivity contribution in [2.45, 2.75) is 13.8 Å². The van der Waals surface area contributed by atoms with Crippen LogP contribution in [0.25, 0.3) is 6.08 Å². The number of carbonyl (C=O) groups is 2. The molecule has 0 radical (unpaired) electrons. The van der Waals surface area contributed by atoms with Crippen molar-refractivity contribution in [1.29, 1.82) is 0 Å². The van der Waals surface area contributed by atoms with Crippen molar-refractivity contribution in [2.75, 3.05) is 56.8 Å². The molecule has 224 valence electrons. The van der Waals surface area contributed by atoms with Gasteiger partial charge in [-0.15, -0.1) is 0 Å². The Kier molecular flexibility index (Phi) is 9.91. The molecule has 5 rings (SSSR count). The van der Waals surface area contributed by atoms with Crippen molar-refractivity contribution in [3.8, 4) is 11.5 Å². The normalized spacial score (nSPS) is 17.1. The first kappa shape index (κ1) is 30.5. The molecule has 2 aliphatic heterocycles. The molecular formula is C32H33ClN4O5S. The second-order valence-electron chi connectivity index (χ2n) is 9.95. The van der Waals surface area contributed by atoms with Gasteiger partial charge in [-0.05, 0) is 85.8 Å². The quantitative estimate of drug-likeness (QED) is 0.288. The van der Waals surface area contributed by atoms with Crippen molar-refractivity contribution in [3.63, 3.8) is 0 Å². The van der Waals surface area contributed by atoms with Crippen molar-refractivity contribution in [3.05, 3.63) is 81.7 Å². The van der Waals surface area contributed by atoms with E-state index in [4.69, 9.17) is 30.8 Å². The molecule has 2 aliphatic rings. The summed E-state index contributed by atoms with van der Waals surface area (Å²) in [7, 11) is 1.70. The maximum absolute atomic E-state index is 13.1. The van der Waals surface area contributed by atoms with E-state index >= 15 is 0 Å². The predicted octanol–water partition coefficient (Wildman–Crippen LogP) is 6.14. The van der Waals surface area contributed by atoms with Gasteiger partial charge in [0.2, 0.25) is 0 Å². The highest BCUT2D eigenvalue weighted by molar-refractivity contribution is 8.18. The molecule has 0 aromatic heterocycles. The smallest absolute Gasteiger partial charge is 0.266 e. The van der Waals surface area contributed by atoms with Gasteiger partial charge in [-0.25, -0.2) is 4.99 Å². The van der Waals surface area contributed by atoms with Gasteiger partial charge in [-0.1, -0.05) is 29.3 Å². The first-order valence-corrected chi connectivity index (χ1v) is 15.1. The van der Waals surface area contributed by atoms with E-state index < -0.39 is 0 Å². The van der Waals surface area contributed by atoms with Crippen LogP contribution in [0.5, 0.6) is 11.5 Å². The summed E-state index contributed by atoms with van der Waals surface area (Å²) in [6.07, 6.45) is 1.75. The standard InChI is InChI=1S/C32H33ClN4O5S/c1-4-41-27-18-22(17-26(33)30(27)42-20-29(38)34-23-7-5-21(2)6-8-23)19-28-31(39)36(3)32(43-28)35-24-9-11-25(12-10-24)37-13-15-40-16-14-37/h5-12,17-19H,4,13-16,20H2,1-3H3,(H,34,38)/b28-19-,35-32?. The number of hydrogen-bond acceptors (Lipinski definition) is 8. The second-order valence-corrected chi connectivity index (χ2v) is 11.4. The number of anilines is 2. The zero-order valence-corrected chi connectivity index (χ0v) is 25.8. The summed E-state index contributed by atoms with van der Waals surface area (Å²) < 4.78 is 17.0. The Balaban J connectivity index is 1.28. The highest BCUT2D eigenvalue weighted by Crippen LogP contribution is 2.39. The fourth-order valence-corrected chi connectivity index (χ4v) is 5.78. The number of nitrogens with zero attached hydrogens (tertiary/aromatic N) is 3. The van der Waals surface area contributed by atoms with Crippen LogP contribution in [-0.4, -0.2) is 68.4 Å². The molecule has 2 heterocycles. The van der Waals surface area contributed by atoms with E-state index in [2.05, 4.69) is 10.2 Å².